The summed E-state index contributed by atoms with van der Waals surface area (Å²) in [6, 6.07) is 9.59. The number of carbonyl (C=O) groups is 1. The van der Waals surface area contributed by atoms with Gasteiger partial charge >= 0.3 is 17.8 Å². The molecule has 0 atom stereocenters. The Labute approximate surface area is 201 Å². The van der Waals surface area contributed by atoms with Crippen LogP contribution >= 0.6 is 0 Å². The van der Waals surface area contributed by atoms with Crippen LogP contribution in [0.25, 0.3) is 11.0 Å². The molecule has 0 saturated carbocycles. The standard InChI is InChI=1S/C27H28F3NO4/c1-15(32)35-31-22(16-8-10-18(11-9-16)27(28,29)30)20-13-17-12-19(25(2,3)4)14-21(26(5,6)7)23(17)34-24(20)33/h8-14H,1-7H3/b31-22+. The predicted octanol–water partition coefficient (Wildman–Crippen LogP) is 6.72. The summed E-state index contributed by atoms with van der Waals surface area (Å²) in [7, 11) is 0. The van der Waals surface area contributed by atoms with Crippen LogP contribution in [0.4, 0.5) is 13.2 Å². The smallest absolute Gasteiger partial charge is 0.416 e. The van der Waals surface area contributed by atoms with Gasteiger partial charge in [-0.3, -0.25) is 0 Å². The number of benzene rings is 2. The fraction of sp³-hybridized carbons (Fsp3) is 0.370. The third-order valence-corrected chi connectivity index (χ3v) is 5.51. The average Bonchev–Trinajstić information content (AvgIpc) is 2.71. The molecule has 3 aromatic rings. The first-order valence-corrected chi connectivity index (χ1v) is 11.0. The van der Waals surface area contributed by atoms with Crippen LogP contribution in [0.15, 0.2) is 56.8 Å². The zero-order chi connectivity index (χ0) is 26.3. The number of alkyl halides is 3. The molecule has 3 rings (SSSR count). The fourth-order valence-corrected chi connectivity index (χ4v) is 3.57. The summed E-state index contributed by atoms with van der Waals surface area (Å²) < 4.78 is 44.9. The van der Waals surface area contributed by atoms with Crippen molar-refractivity contribution in [2.75, 3.05) is 0 Å². The van der Waals surface area contributed by atoms with Crippen LogP contribution in [0.1, 0.15) is 76.3 Å². The zero-order valence-electron chi connectivity index (χ0n) is 20.8. The van der Waals surface area contributed by atoms with E-state index in [1.807, 2.05) is 32.9 Å². The van der Waals surface area contributed by atoms with Gasteiger partial charge in [0.15, 0.2) is 0 Å². The normalized spacial score (nSPS) is 13.3. The lowest BCUT2D eigenvalue weighted by molar-refractivity contribution is -0.141. The van der Waals surface area contributed by atoms with Crippen molar-refractivity contribution in [1.29, 1.82) is 0 Å². The first-order valence-electron chi connectivity index (χ1n) is 11.0. The Morgan fingerprint density at radius 2 is 1.49 bits per heavy atom. The van der Waals surface area contributed by atoms with E-state index in [0.29, 0.717) is 11.0 Å². The molecule has 5 nitrogen and oxygen atoms in total. The van der Waals surface area contributed by atoms with Crippen LogP contribution in [0.5, 0.6) is 0 Å². The zero-order valence-corrected chi connectivity index (χ0v) is 20.8. The topological polar surface area (TPSA) is 68.9 Å². The number of oxime groups is 1. The Hall–Kier alpha value is -3.42. The lowest BCUT2D eigenvalue weighted by Gasteiger charge is -2.26. The molecule has 0 amide bonds. The summed E-state index contributed by atoms with van der Waals surface area (Å²) in [6.07, 6.45) is -4.53. The van der Waals surface area contributed by atoms with Crippen molar-refractivity contribution in [3.63, 3.8) is 0 Å². The van der Waals surface area contributed by atoms with E-state index in [1.54, 1.807) is 6.07 Å². The van der Waals surface area contributed by atoms with Crippen molar-refractivity contribution in [1.82, 2.24) is 0 Å². The molecule has 0 N–H and O–H groups in total. The number of halogens is 3. The summed E-state index contributed by atoms with van der Waals surface area (Å²) >= 11 is 0. The molecule has 0 radical (unpaired) electrons. The maximum absolute atomic E-state index is 13.1. The maximum atomic E-state index is 13.1. The van der Waals surface area contributed by atoms with Crippen molar-refractivity contribution < 1.29 is 27.2 Å². The second-order valence-electron chi connectivity index (χ2n) is 10.5. The molecule has 35 heavy (non-hydrogen) atoms. The van der Waals surface area contributed by atoms with Crippen LogP contribution in [-0.2, 0) is 26.6 Å². The van der Waals surface area contributed by atoms with Gasteiger partial charge in [-0.25, -0.2) is 9.59 Å². The van der Waals surface area contributed by atoms with Gasteiger partial charge < -0.3 is 9.25 Å². The Morgan fingerprint density at radius 3 is 1.97 bits per heavy atom. The monoisotopic (exact) mass is 487 g/mol. The minimum atomic E-state index is -4.53. The van der Waals surface area contributed by atoms with Crippen molar-refractivity contribution in [2.24, 2.45) is 5.16 Å². The van der Waals surface area contributed by atoms with Gasteiger partial charge in [-0.15, -0.1) is 0 Å². The van der Waals surface area contributed by atoms with Gasteiger partial charge in [-0.2, -0.15) is 13.2 Å². The minimum absolute atomic E-state index is 0.0376. The lowest BCUT2D eigenvalue weighted by atomic mass is 9.79. The SMILES string of the molecule is CC(=O)O/N=C(\c1ccc(C(F)(F)F)cc1)c1cc2cc(C(C)(C)C)cc(C(C)(C)C)c2oc1=O. The van der Waals surface area contributed by atoms with Crippen molar-refractivity contribution >= 4 is 22.7 Å². The summed E-state index contributed by atoms with van der Waals surface area (Å²) in [5.41, 5.74) is 0.144. The molecule has 0 saturated heterocycles. The first-order chi connectivity index (χ1) is 16.0. The highest BCUT2D eigenvalue weighted by Crippen LogP contribution is 2.35. The Bertz CT molecular complexity index is 1350. The number of nitrogens with zero attached hydrogens (tertiary/aromatic N) is 1. The summed E-state index contributed by atoms with van der Waals surface area (Å²) in [6.45, 7) is 13.4. The van der Waals surface area contributed by atoms with Crippen molar-refractivity contribution in [2.45, 2.75) is 65.5 Å². The molecular formula is C27H28F3NO4. The Kier molecular flexibility index (Phi) is 6.72. The quantitative estimate of drug-likeness (QED) is 0.178. The van der Waals surface area contributed by atoms with Gasteiger partial charge in [-0.05, 0) is 40.7 Å². The number of hydrogen-bond donors (Lipinski definition) is 0. The molecule has 0 aliphatic carbocycles. The summed E-state index contributed by atoms with van der Waals surface area (Å²) in [5, 5.41) is 4.42. The van der Waals surface area contributed by atoms with E-state index in [9.17, 15) is 22.8 Å². The van der Waals surface area contributed by atoms with Crippen LogP contribution in [0.3, 0.4) is 0 Å². The number of rotatable bonds is 3. The lowest BCUT2D eigenvalue weighted by Crippen LogP contribution is -2.20. The summed E-state index contributed by atoms with van der Waals surface area (Å²) in [5.74, 6) is -0.746. The van der Waals surface area contributed by atoms with E-state index in [0.717, 1.165) is 30.2 Å². The van der Waals surface area contributed by atoms with E-state index in [4.69, 9.17) is 9.25 Å². The highest BCUT2D eigenvalue weighted by atomic mass is 19.4. The van der Waals surface area contributed by atoms with Gasteiger partial charge in [0, 0.05) is 23.4 Å². The molecule has 0 spiro atoms. The molecule has 1 heterocycles. The molecule has 186 valence electrons. The molecule has 8 heteroatoms. The minimum Gasteiger partial charge on any atom is -0.422 e. The third kappa shape index (κ3) is 5.81. The first kappa shape index (κ1) is 26.2. The van der Waals surface area contributed by atoms with E-state index in [-0.39, 0.29) is 27.7 Å². The molecule has 0 unspecified atom stereocenters. The van der Waals surface area contributed by atoms with E-state index >= 15 is 0 Å². The van der Waals surface area contributed by atoms with Gasteiger partial charge in [0.25, 0.3) is 0 Å². The molecule has 2 aromatic carbocycles. The number of carbonyl (C=O) groups excluding carboxylic acids is 1. The van der Waals surface area contributed by atoms with Crippen LogP contribution in [0.2, 0.25) is 0 Å². The summed E-state index contributed by atoms with van der Waals surface area (Å²) in [4.78, 5) is 29.3. The largest absolute Gasteiger partial charge is 0.422 e. The average molecular weight is 488 g/mol. The van der Waals surface area contributed by atoms with Crippen molar-refractivity contribution in [3.8, 4) is 0 Å². The molecule has 0 fully saturated rings. The molecular weight excluding hydrogens is 459 g/mol. The van der Waals surface area contributed by atoms with Crippen molar-refractivity contribution in [3.05, 3.63) is 80.7 Å². The highest BCUT2D eigenvalue weighted by Gasteiger charge is 2.30. The van der Waals surface area contributed by atoms with Gasteiger partial charge in [0.1, 0.15) is 11.3 Å². The van der Waals surface area contributed by atoms with Gasteiger partial charge in [-0.1, -0.05) is 64.9 Å². The predicted molar refractivity (Wildman–Crippen MR) is 129 cm³/mol. The Morgan fingerprint density at radius 1 is 0.886 bits per heavy atom. The highest BCUT2D eigenvalue weighted by molar-refractivity contribution is 6.13. The van der Waals surface area contributed by atoms with E-state index < -0.39 is 23.3 Å². The number of fused-ring (bicyclic) bond motifs is 1. The van der Waals surface area contributed by atoms with Crippen LogP contribution in [0, 0.1) is 0 Å². The Balaban J connectivity index is 2.31. The van der Waals surface area contributed by atoms with Crippen LogP contribution < -0.4 is 5.63 Å². The van der Waals surface area contributed by atoms with E-state index in [2.05, 4.69) is 25.9 Å². The third-order valence-electron chi connectivity index (χ3n) is 5.51. The van der Waals surface area contributed by atoms with E-state index in [1.165, 1.54) is 12.1 Å². The van der Waals surface area contributed by atoms with Crippen LogP contribution in [-0.4, -0.2) is 11.7 Å². The van der Waals surface area contributed by atoms with Gasteiger partial charge in [0.05, 0.1) is 11.1 Å². The second kappa shape index (κ2) is 8.98. The van der Waals surface area contributed by atoms with Gasteiger partial charge in [0.2, 0.25) is 0 Å². The molecule has 0 aliphatic heterocycles. The molecule has 1 aromatic heterocycles. The molecule has 0 aliphatic rings. The molecule has 0 bridgehead atoms. The fourth-order valence-electron chi connectivity index (χ4n) is 3.57. The number of hydrogen-bond acceptors (Lipinski definition) is 5. The second-order valence-corrected chi connectivity index (χ2v) is 10.5. The maximum Gasteiger partial charge on any atom is 0.416 e.